The van der Waals surface area contributed by atoms with Crippen LogP contribution >= 0.6 is 31.9 Å². The molecule has 1 aromatic carbocycles. The Hall–Kier alpha value is -1.08. The van der Waals surface area contributed by atoms with Crippen LogP contribution in [-0.4, -0.2) is 21.6 Å². The lowest BCUT2D eigenvalue weighted by Gasteiger charge is -2.14. The molecule has 108 valence electrons. The highest BCUT2D eigenvalue weighted by Gasteiger charge is 2.13. The quantitative estimate of drug-likeness (QED) is 0.692. The second-order valence-electron chi connectivity index (χ2n) is 4.14. The molecule has 1 aromatic heterocycles. The maximum atomic E-state index is 5.82. The Morgan fingerprint density at radius 3 is 2.70 bits per heavy atom. The molecule has 0 spiro atoms. The van der Waals surface area contributed by atoms with Gasteiger partial charge in [0.05, 0.1) is 17.3 Å². The highest BCUT2D eigenvalue weighted by molar-refractivity contribution is 9.10. The van der Waals surface area contributed by atoms with Gasteiger partial charge in [-0.1, -0.05) is 21.1 Å². The molecule has 0 fully saturated rings. The summed E-state index contributed by atoms with van der Waals surface area (Å²) in [4.78, 5) is 0. The largest absolute Gasteiger partial charge is 0.490 e. The molecule has 0 N–H and O–H groups in total. The minimum absolute atomic E-state index is 0.347. The van der Waals surface area contributed by atoms with Crippen molar-refractivity contribution in [3.63, 3.8) is 0 Å². The number of nitrogens with zero attached hydrogens (tertiary/aromatic N) is 3. The van der Waals surface area contributed by atoms with Gasteiger partial charge >= 0.3 is 0 Å². The summed E-state index contributed by atoms with van der Waals surface area (Å²) >= 11 is 6.96. The van der Waals surface area contributed by atoms with Crippen LogP contribution < -0.4 is 9.47 Å². The molecule has 0 unspecified atom stereocenters. The molecule has 20 heavy (non-hydrogen) atoms. The third-order valence-electron chi connectivity index (χ3n) is 2.54. The first-order valence-electron chi connectivity index (χ1n) is 6.13. The van der Waals surface area contributed by atoms with Crippen molar-refractivity contribution in [2.24, 2.45) is 7.05 Å². The number of aromatic nitrogens is 3. The Kier molecular flexibility index (Phi) is 5.42. The number of aryl methyl sites for hydroxylation is 1. The monoisotopic (exact) mass is 403 g/mol. The summed E-state index contributed by atoms with van der Waals surface area (Å²) in [6.07, 6.45) is 1.82. The van der Waals surface area contributed by atoms with E-state index >= 15 is 0 Å². The van der Waals surface area contributed by atoms with E-state index in [-0.39, 0.29) is 0 Å². The molecule has 0 amide bonds. The van der Waals surface area contributed by atoms with Crippen molar-refractivity contribution in [1.82, 2.24) is 15.0 Å². The van der Waals surface area contributed by atoms with E-state index in [4.69, 9.17) is 9.47 Å². The molecule has 0 saturated heterocycles. The highest BCUT2D eigenvalue weighted by atomic mass is 79.9. The van der Waals surface area contributed by atoms with E-state index in [1.165, 1.54) is 0 Å². The van der Waals surface area contributed by atoms with Gasteiger partial charge in [-0.05, 0) is 40.5 Å². The van der Waals surface area contributed by atoms with E-state index in [2.05, 4.69) is 42.2 Å². The first-order chi connectivity index (χ1) is 9.63. The third kappa shape index (κ3) is 3.73. The molecule has 0 aliphatic heterocycles. The summed E-state index contributed by atoms with van der Waals surface area (Å²) in [6.45, 7) is 2.88. The molecule has 7 heteroatoms. The van der Waals surface area contributed by atoms with E-state index < -0.39 is 0 Å². The van der Waals surface area contributed by atoms with Gasteiger partial charge in [0.25, 0.3) is 0 Å². The van der Waals surface area contributed by atoms with Crippen LogP contribution in [0.2, 0.25) is 0 Å². The van der Waals surface area contributed by atoms with Gasteiger partial charge in [-0.2, -0.15) is 0 Å². The molecule has 0 atom stereocenters. The molecule has 0 saturated carbocycles. The van der Waals surface area contributed by atoms with Crippen LogP contribution in [0.4, 0.5) is 0 Å². The van der Waals surface area contributed by atoms with Gasteiger partial charge in [-0.25, -0.2) is 0 Å². The van der Waals surface area contributed by atoms with Crippen molar-refractivity contribution in [2.75, 3.05) is 6.61 Å². The Balaban J connectivity index is 2.20. The van der Waals surface area contributed by atoms with Gasteiger partial charge in [0, 0.05) is 12.4 Å². The standard InChI is InChI=1S/C13H15Br2N3O2/c1-3-19-12-5-9(6-14)4-11(15)13(12)20-8-10-7-18(2)17-16-10/h4-5,7H,3,6,8H2,1-2H3. The molecule has 2 aromatic rings. The van der Waals surface area contributed by atoms with Crippen molar-refractivity contribution in [3.8, 4) is 11.5 Å². The number of ether oxygens (including phenoxy) is 2. The molecular weight excluding hydrogens is 390 g/mol. The SMILES string of the molecule is CCOc1cc(CBr)cc(Br)c1OCc1cn(C)nn1. The molecular formula is C13H15Br2N3O2. The van der Waals surface area contributed by atoms with E-state index in [1.807, 2.05) is 32.3 Å². The zero-order chi connectivity index (χ0) is 14.5. The van der Waals surface area contributed by atoms with Gasteiger partial charge in [0.1, 0.15) is 12.3 Å². The number of alkyl halides is 1. The molecule has 2 rings (SSSR count). The lowest BCUT2D eigenvalue weighted by Crippen LogP contribution is -2.01. The number of hydrogen-bond acceptors (Lipinski definition) is 4. The van der Waals surface area contributed by atoms with Crippen LogP contribution in [0, 0.1) is 0 Å². The second kappa shape index (κ2) is 7.08. The summed E-state index contributed by atoms with van der Waals surface area (Å²) in [7, 11) is 1.82. The maximum absolute atomic E-state index is 5.82. The Morgan fingerprint density at radius 1 is 1.30 bits per heavy atom. The van der Waals surface area contributed by atoms with E-state index in [1.54, 1.807) is 4.68 Å². The van der Waals surface area contributed by atoms with Crippen LogP contribution in [0.3, 0.4) is 0 Å². The average Bonchev–Trinajstić information content (AvgIpc) is 2.83. The van der Waals surface area contributed by atoms with Gasteiger partial charge < -0.3 is 9.47 Å². The smallest absolute Gasteiger partial charge is 0.175 e. The molecule has 0 aliphatic carbocycles. The van der Waals surface area contributed by atoms with Crippen LogP contribution in [-0.2, 0) is 19.0 Å². The van der Waals surface area contributed by atoms with Gasteiger partial charge in [0.15, 0.2) is 11.5 Å². The first kappa shape index (κ1) is 15.3. The van der Waals surface area contributed by atoms with Crippen molar-refractivity contribution >= 4 is 31.9 Å². The molecule has 5 nitrogen and oxygen atoms in total. The summed E-state index contributed by atoms with van der Waals surface area (Å²) in [5.74, 6) is 1.41. The van der Waals surface area contributed by atoms with Gasteiger partial charge in [-0.3, -0.25) is 4.68 Å². The number of halogens is 2. The highest BCUT2D eigenvalue weighted by Crippen LogP contribution is 2.37. The average molecular weight is 405 g/mol. The molecule has 0 radical (unpaired) electrons. The topological polar surface area (TPSA) is 49.2 Å². The zero-order valence-corrected chi connectivity index (χ0v) is 14.4. The number of benzene rings is 1. The van der Waals surface area contributed by atoms with Crippen molar-refractivity contribution < 1.29 is 9.47 Å². The zero-order valence-electron chi connectivity index (χ0n) is 11.3. The van der Waals surface area contributed by atoms with Crippen LogP contribution in [0.25, 0.3) is 0 Å². The predicted molar refractivity (Wildman–Crippen MR) is 83.3 cm³/mol. The summed E-state index contributed by atoms with van der Waals surface area (Å²) in [6, 6.07) is 3.97. The van der Waals surface area contributed by atoms with Gasteiger partial charge in [0.2, 0.25) is 0 Å². The summed E-state index contributed by atoms with van der Waals surface area (Å²) < 4.78 is 14.0. The summed E-state index contributed by atoms with van der Waals surface area (Å²) in [5.41, 5.74) is 1.89. The normalized spacial score (nSPS) is 10.6. The predicted octanol–water partition coefficient (Wildman–Crippen LogP) is 3.45. The molecule has 0 aliphatic rings. The lowest BCUT2D eigenvalue weighted by atomic mass is 10.2. The van der Waals surface area contributed by atoms with Crippen LogP contribution in [0.5, 0.6) is 11.5 Å². The fourth-order valence-corrected chi connectivity index (χ4v) is 2.64. The third-order valence-corrected chi connectivity index (χ3v) is 3.77. The number of hydrogen-bond donors (Lipinski definition) is 0. The fraction of sp³-hybridized carbons (Fsp3) is 0.385. The van der Waals surface area contributed by atoms with E-state index in [0.29, 0.717) is 19.0 Å². The van der Waals surface area contributed by atoms with Crippen molar-refractivity contribution in [1.29, 1.82) is 0 Å². The Bertz CT molecular complexity index is 587. The van der Waals surface area contributed by atoms with Gasteiger partial charge in [-0.15, -0.1) is 5.10 Å². The van der Waals surface area contributed by atoms with E-state index in [0.717, 1.165) is 26.8 Å². The number of rotatable bonds is 6. The van der Waals surface area contributed by atoms with E-state index in [9.17, 15) is 0 Å². The summed E-state index contributed by atoms with van der Waals surface area (Å²) in [5, 5.41) is 8.63. The van der Waals surface area contributed by atoms with Crippen molar-refractivity contribution in [2.45, 2.75) is 18.9 Å². The fourth-order valence-electron chi connectivity index (χ4n) is 1.71. The molecule has 0 bridgehead atoms. The van der Waals surface area contributed by atoms with Crippen LogP contribution in [0.15, 0.2) is 22.8 Å². The Labute approximate surface area is 134 Å². The van der Waals surface area contributed by atoms with Crippen LogP contribution in [0.1, 0.15) is 18.2 Å². The van der Waals surface area contributed by atoms with Crippen molar-refractivity contribution in [3.05, 3.63) is 34.1 Å². The maximum Gasteiger partial charge on any atom is 0.175 e. The minimum atomic E-state index is 0.347. The lowest BCUT2D eigenvalue weighted by molar-refractivity contribution is 0.264. The first-order valence-corrected chi connectivity index (χ1v) is 8.04. The second-order valence-corrected chi connectivity index (χ2v) is 5.56. The minimum Gasteiger partial charge on any atom is -0.490 e. The molecule has 1 heterocycles. The Morgan fingerprint density at radius 2 is 2.10 bits per heavy atom.